The largest absolute Gasteiger partial charge is 0.461 e. The van der Waals surface area contributed by atoms with Crippen LogP contribution in [0.25, 0.3) is 0 Å². The molecule has 2 unspecified atom stereocenters. The number of rotatable bonds is 21. The fourth-order valence-corrected chi connectivity index (χ4v) is 8.71. The van der Waals surface area contributed by atoms with Gasteiger partial charge in [-0.1, -0.05) is 100 Å². The SMILES string of the molecule is CC(C)CC(C)(C)/C=C\COC(=O)C(C)(N)CC(C)(C)C(OC(=O)CCCN(C)C)C1(C)CC(C)(C(=O)OC/C=C\C(C)(C)CC(C)C)C1. The topological polar surface area (TPSA) is 108 Å². The normalized spacial score (nSPS) is 22.4. The Hall–Kier alpha value is -2.19. The molecular weight excluding hydrogens is 616 g/mol. The lowest BCUT2D eigenvalue weighted by Gasteiger charge is -2.58. The molecule has 1 aliphatic carbocycles. The first-order valence-corrected chi connectivity index (χ1v) is 18.5. The maximum Gasteiger partial charge on any atom is 0.326 e. The lowest BCUT2D eigenvalue weighted by molar-refractivity contribution is -0.203. The highest BCUT2D eigenvalue weighted by Crippen LogP contribution is 2.61. The molecule has 0 radical (unpaired) electrons. The van der Waals surface area contributed by atoms with Crippen LogP contribution in [0.5, 0.6) is 0 Å². The predicted octanol–water partition coefficient (Wildman–Crippen LogP) is 8.52. The highest BCUT2D eigenvalue weighted by atomic mass is 16.6. The summed E-state index contributed by atoms with van der Waals surface area (Å²) in [4.78, 5) is 41.9. The molecule has 0 aromatic heterocycles. The van der Waals surface area contributed by atoms with E-state index in [2.05, 4.69) is 74.5 Å². The summed E-state index contributed by atoms with van der Waals surface area (Å²) in [6.07, 6.45) is 11.7. The van der Waals surface area contributed by atoms with Crippen LogP contribution >= 0.6 is 0 Å². The third-order valence-corrected chi connectivity index (χ3v) is 9.58. The number of carbonyl (C=O) groups excluding carboxylic acids is 3. The van der Waals surface area contributed by atoms with Crippen molar-refractivity contribution in [1.82, 2.24) is 4.90 Å². The van der Waals surface area contributed by atoms with Gasteiger partial charge in [-0.15, -0.1) is 0 Å². The Labute approximate surface area is 300 Å². The molecule has 0 heterocycles. The van der Waals surface area contributed by atoms with E-state index in [1.165, 1.54) is 0 Å². The molecule has 1 fully saturated rings. The fraction of sp³-hybridized carbons (Fsp3) is 0.829. The van der Waals surface area contributed by atoms with Crippen molar-refractivity contribution in [3.63, 3.8) is 0 Å². The van der Waals surface area contributed by atoms with Crippen LogP contribution < -0.4 is 5.73 Å². The first kappa shape index (κ1) is 44.8. The van der Waals surface area contributed by atoms with Crippen LogP contribution in [0.2, 0.25) is 0 Å². The fourth-order valence-electron chi connectivity index (χ4n) is 8.71. The molecule has 2 N–H and O–H groups in total. The van der Waals surface area contributed by atoms with E-state index in [0.29, 0.717) is 31.1 Å². The lowest BCUT2D eigenvalue weighted by Crippen LogP contribution is -2.61. The first-order chi connectivity index (χ1) is 22.2. The van der Waals surface area contributed by atoms with Crippen molar-refractivity contribution in [3.05, 3.63) is 24.3 Å². The number of carbonyl (C=O) groups is 3. The molecule has 2 atom stereocenters. The molecule has 0 amide bonds. The Balaban J connectivity index is 3.09. The van der Waals surface area contributed by atoms with Crippen LogP contribution in [0.1, 0.15) is 135 Å². The first-order valence-electron chi connectivity index (χ1n) is 18.5. The summed E-state index contributed by atoms with van der Waals surface area (Å²) >= 11 is 0. The Morgan fingerprint density at radius 2 is 1.29 bits per heavy atom. The Bertz CT molecular complexity index is 1140. The Morgan fingerprint density at radius 3 is 1.73 bits per heavy atom. The van der Waals surface area contributed by atoms with Crippen molar-refractivity contribution in [2.75, 3.05) is 33.9 Å². The summed E-state index contributed by atoms with van der Waals surface area (Å²) in [7, 11) is 3.94. The summed E-state index contributed by atoms with van der Waals surface area (Å²) in [5, 5.41) is 0. The van der Waals surface area contributed by atoms with Crippen LogP contribution in [0.4, 0.5) is 0 Å². The van der Waals surface area contributed by atoms with Crippen LogP contribution in [0, 0.1) is 38.9 Å². The molecular formula is C41H74N2O6. The Morgan fingerprint density at radius 1 is 0.816 bits per heavy atom. The third kappa shape index (κ3) is 15.3. The van der Waals surface area contributed by atoms with Crippen molar-refractivity contribution < 1.29 is 28.6 Å². The number of ether oxygens (including phenoxy) is 3. The van der Waals surface area contributed by atoms with Crippen LogP contribution in [-0.4, -0.2) is 68.3 Å². The molecule has 0 aromatic rings. The number of nitrogens with two attached hydrogens (primary N) is 1. The van der Waals surface area contributed by atoms with Gasteiger partial charge in [-0.3, -0.25) is 14.4 Å². The molecule has 284 valence electrons. The molecule has 1 rings (SSSR count). The number of nitrogens with zero attached hydrogens (tertiary/aromatic N) is 1. The molecule has 49 heavy (non-hydrogen) atoms. The molecule has 0 saturated heterocycles. The van der Waals surface area contributed by atoms with Gasteiger partial charge in [0.15, 0.2) is 0 Å². The van der Waals surface area contributed by atoms with Gasteiger partial charge in [0, 0.05) is 17.3 Å². The highest BCUT2D eigenvalue weighted by molar-refractivity contribution is 5.80. The average Bonchev–Trinajstić information content (AvgIpc) is 2.88. The van der Waals surface area contributed by atoms with E-state index in [9.17, 15) is 14.4 Å². The van der Waals surface area contributed by atoms with E-state index >= 15 is 0 Å². The van der Waals surface area contributed by atoms with Gasteiger partial charge in [0.2, 0.25) is 0 Å². The minimum atomic E-state index is -1.32. The van der Waals surface area contributed by atoms with Crippen molar-refractivity contribution in [2.24, 2.45) is 44.6 Å². The molecule has 1 saturated carbocycles. The van der Waals surface area contributed by atoms with Gasteiger partial charge >= 0.3 is 17.9 Å². The number of hydrogen-bond donors (Lipinski definition) is 1. The summed E-state index contributed by atoms with van der Waals surface area (Å²) in [6, 6.07) is 0. The quantitative estimate of drug-likeness (QED) is 0.0726. The minimum Gasteiger partial charge on any atom is -0.461 e. The van der Waals surface area contributed by atoms with Crippen LogP contribution in [0.15, 0.2) is 24.3 Å². The second-order valence-corrected chi connectivity index (χ2v) is 19.1. The number of allylic oxidation sites excluding steroid dienone is 2. The summed E-state index contributed by atoms with van der Waals surface area (Å²) in [5.41, 5.74) is 3.44. The predicted molar refractivity (Wildman–Crippen MR) is 201 cm³/mol. The van der Waals surface area contributed by atoms with Crippen molar-refractivity contribution in [3.8, 4) is 0 Å². The van der Waals surface area contributed by atoms with Crippen molar-refractivity contribution in [1.29, 1.82) is 0 Å². The molecule has 0 aliphatic heterocycles. The molecule has 1 aliphatic rings. The average molecular weight is 691 g/mol. The van der Waals surface area contributed by atoms with Gasteiger partial charge in [-0.2, -0.15) is 0 Å². The molecule has 0 spiro atoms. The van der Waals surface area contributed by atoms with Crippen molar-refractivity contribution >= 4 is 17.9 Å². The van der Waals surface area contributed by atoms with E-state index in [1.54, 1.807) is 6.92 Å². The maximum atomic E-state index is 13.3. The standard InChI is InChI=1S/C41H74N2O6/c1-30(2)25-36(5,6)20-17-23-47-34(45)40(12)28-39(11,29-40)33(49-32(44)19-16-22-43(14)15)38(9,10)27-41(13,42)35(46)48-24-18-21-37(7,8)26-31(3)4/h17-18,20-21,30-31,33H,16,19,22-29,42H2,1-15H3/b20-17-,21-18-. The summed E-state index contributed by atoms with van der Waals surface area (Å²) in [5.74, 6) is 0.0933. The third-order valence-electron chi connectivity index (χ3n) is 9.58. The molecule has 8 heteroatoms. The zero-order valence-electron chi connectivity index (χ0n) is 34.1. The summed E-state index contributed by atoms with van der Waals surface area (Å²) in [6.45, 7) is 28.3. The van der Waals surface area contributed by atoms with Gasteiger partial charge < -0.3 is 24.8 Å². The van der Waals surface area contributed by atoms with E-state index in [1.807, 2.05) is 51.9 Å². The smallest absolute Gasteiger partial charge is 0.326 e. The zero-order valence-corrected chi connectivity index (χ0v) is 34.1. The van der Waals surface area contributed by atoms with E-state index in [0.717, 1.165) is 19.4 Å². The van der Waals surface area contributed by atoms with Crippen LogP contribution in [-0.2, 0) is 28.6 Å². The summed E-state index contributed by atoms with van der Waals surface area (Å²) < 4.78 is 17.7. The Kier molecular flexibility index (Phi) is 16.3. The van der Waals surface area contributed by atoms with E-state index in [-0.39, 0.29) is 48.8 Å². The highest BCUT2D eigenvalue weighted by Gasteiger charge is 2.62. The molecule has 0 aromatic carbocycles. The second kappa shape index (κ2) is 17.8. The minimum absolute atomic E-state index is 0.00155. The zero-order chi connectivity index (χ0) is 38.1. The van der Waals surface area contributed by atoms with E-state index < -0.39 is 33.9 Å². The molecule has 8 nitrogen and oxygen atoms in total. The monoisotopic (exact) mass is 691 g/mol. The van der Waals surface area contributed by atoms with Gasteiger partial charge in [0.25, 0.3) is 0 Å². The maximum absolute atomic E-state index is 13.3. The number of hydrogen-bond acceptors (Lipinski definition) is 8. The lowest BCUT2D eigenvalue weighted by atomic mass is 9.48. The van der Waals surface area contributed by atoms with Gasteiger partial charge in [0.05, 0.1) is 5.41 Å². The van der Waals surface area contributed by atoms with E-state index in [4.69, 9.17) is 19.9 Å². The van der Waals surface area contributed by atoms with Gasteiger partial charge in [0.1, 0.15) is 24.9 Å². The van der Waals surface area contributed by atoms with Crippen LogP contribution in [0.3, 0.4) is 0 Å². The van der Waals surface area contributed by atoms with Gasteiger partial charge in [-0.25, -0.2) is 0 Å². The van der Waals surface area contributed by atoms with Crippen molar-refractivity contribution in [2.45, 2.75) is 147 Å². The number of esters is 3. The van der Waals surface area contributed by atoms with Gasteiger partial charge in [-0.05, 0) is 95.7 Å². The molecule has 0 bridgehead atoms. The second-order valence-electron chi connectivity index (χ2n) is 19.1.